The lowest BCUT2D eigenvalue weighted by molar-refractivity contribution is 0.669. The maximum Gasteiger partial charge on any atom is 0.136 e. The van der Waals surface area contributed by atoms with Gasteiger partial charge in [-0.1, -0.05) is 84.9 Å². The first-order valence-electron chi connectivity index (χ1n) is 13.2. The molecule has 0 aliphatic rings. The Morgan fingerprint density at radius 1 is 0.538 bits per heavy atom. The smallest absolute Gasteiger partial charge is 0.136 e. The van der Waals surface area contributed by atoms with Crippen molar-refractivity contribution < 1.29 is 4.42 Å². The number of benzene rings is 6. The van der Waals surface area contributed by atoms with Crippen LogP contribution < -0.4 is 0 Å². The SMILES string of the molecule is C=NCc1ccc(-n2c3ccccc3c3ccc(-c4ccc5c(c4)oc4ccccc45)cc32)c2ccccc12. The van der Waals surface area contributed by atoms with Gasteiger partial charge in [0.2, 0.25) is 0 Å². The van der Waals surface area contributed by atoms with Gasteiger partial charge in [-0.05, 0) is 65.2 Å². The van der Waals surface area contributed by atoms with Gasteiger partial charge in [0.25, 0.3) is 0 Å². The normalized spacial score (nSPS) is 11.8. The van der Waals surface area contributed by atoms with Crippen molar-refractivity contribution in [3.05, 3.63) is 127 Å². The predicted molar refractivity (Wildman–Crippen MR) is 164 cm³/mol. The van der Waals surface area contributed by atoms with Crippen molar-refractivity contribution in [2.75, 3.05) is 0 Å². The number of hydrogen-bond donors (Lipinski definition) is 0. The van der Waals surface area contributed by atoms with Crippen molar-refractivity contribution in [1.82, 2.24) is 4.57 Å². The van der Waals surface area contributed by atoms with Crippen LogP contribution in [0, 0.1) is 0 Å². The molecule has 0 amide bonds. The van der Waals surface area contributed by atoms with E-state index in [-0.39, 0.29) is 0 Å². The fraction of sp³-hybridized carbons (Fsp3) is 0.0278. The molecule has 6 aromatic carbocycles. The summed E-state index contributed by atoms with van der Waals surface area (Å²) < 4.78 is 8.61. The molecule has 0 aliphatic carbocycles. The molecule has 3 heteroatoms. The number of furan rings is 1. The number of hydrogen-bond acceptors (Lipinski definition) is 2. The molecule has 0 aliphatic heterocycles. The average molecular weight is 501 g/mol. The standard InChI is InChI=1S/C36H24N2O/c1-37-22-25-16-19-33(27-9-3-2-8-26(25)27)38-32-12-6-4-10-28(32)29-17-14-23(20-34(29)38)24-15-18-31-30-11-5-7-13-35(30)39-36(31)21-24/h2-21H,1,22H2. The van der Waals surface area contributed by atoms with Crippen LogP contribution in [-0.2, 0) is 6.54 Å². The zero-order chi connectivity index (χ0) is 25.9. The summed E-state index contributed by atoms with van der Waals surface area (Å²) in [6.07, 6.45) is 0. The molecule has 3 nitrogen and oxygen atoms in total. The maximum absolute atomic E-state index is 6.21. The van der Waals surface area contributed by atoms with Crippen LogP contribution in [0.4, 0.5) is 0 Å². The number of para-hydroxylation sites is 2. The van der Waals surface area contributed by atoms with Gasteiger partial charge in [0.05, 0.1) is 23.3 Å². The van der Waals surface area contributed by atoms with E-state index >= 15 is 0 Å². The van der Waals surface area contributed by atoms with Crippen molar-refractivity contribution in [2.24, 2.45) is 4.99 Å². The summed E-state index contributed by atoms with van der Waals surface area (Å²) in [5.74, 6) is 0. The Balaban J connectivity index is 1.40. The average Bonchev–Trinajstić information content (AvgIpc) is 3.52. The zero-order valence-electron chi connectivity index (χ0n) is 21.3. The van der Waals surface area contributed by atoms with E-state index in [2.05, 4.69) is 125 Å². The van der Waals surface area contributed by atoms with Gasteiger partial charge in [-0.25, -0.2) is 0 Å². The van der Waals surface area contributed by atoms with Crippen molar-refractivity contribution in [2.45, 2.75) is 6.54 Å². The van der Waals surface area contributed by atoms with Crippen LogP contribution in [0.3, 0.4) is 0 Å². The van der Waals surface area contributed by atoms with Crippen LogP contribution in [0.15, 0.2) is 131 Å². The molecule has 8 aromatic rings. The fourth-order valence-electron chi connectivity index (χ4n) is 6.11. The second-order valence-corrected chi connectivity index (χ2v) is 10.1. The molecule has 2 aromatic heterocycles. The van der Waals surface area contributed by atoms with Crippen LogP contribution in [-0.4, -0.2) is 11.3 Å². The molecule has 0 spiro atoms. The molecule has 0 bridgehead atoms. The van der Waals surface area contributed by atoms with Gasteiger partial charge in [-0.2, -0.15) is 0 Å². The lowest BCUT2D eigenvalue weighted by Gasteiger charge is -2.14. The van der Waals surface area contributed by atoms with Crippen molar-refractivity contribution in [3.8, 4) is 16.8 Å². The molecule has 0 atom stereocenters. The first-order chi connectivity index (χ1) is 19.3. The molecule has 39 heavy (non-hydrogen) atoms. The summed E-state index contributed by atoms with van der Waals surface area (Å²) in [5, 5.41) is 7.18. The summed E-state index contributed by atoms with van der Waals surface area (Å²) in [6.45, 7) is 4.32. The topological polar surface area (TPSA) is 30.4 Å². The molecule has 0 saturated carbocycles. The van der Waals surface area contributed by atoms with Crippen LogP contribution in [0.5, 0.6) is 0 Å². The predicted octanol–water partition coefficient (Wildman–Crippen LogP) is 9.70. The Morgan fingerprint density at radius 2 is 1.18 bits per heavy atom. The summed E-state index contributed by atoms with van der Waals surface area (Å²) in [6, 6.07) is 43.2. The fourth-order valence-corrected chi connectivity index (χ4v) is 6.11. The molecule has 184 valence electrons. The van der Waals surface area contributed by atoms with Crippen molar-refractivity contribution in [1.29, 1.82) is 0 Å². The van der Waals surface area contributed by atoms with E-state index < -0.39 is 0 Å². The second-order valence-electron chi connectivity index (χ2n) is 10.1. The Bertz CT molecular complexity index is 2230. The highest BCUT2D eigenvalue weighted by Crippen LogP contribution is 2.38. The molecule has 2 heterocycles. The summed E-state index contributed by atoms with van der Waals surface area (Å²) >= 11 is 0. The van der Waals surface area contributed by atoms with Crippen LogP contribution in [0.1, 0.15) is 5.56 Å². The lowest BCUT2D eigenvalue weighted by atomic mass is 10.0. The minimum atomic E-state index is 0.600. The molecule has 0 N–H and O–H groups in total. The second kappa shape index (κ2) is 8.44. The van der Waals surface area contributed by atoms with Gasteiger partial charge >= 0.3 is 0 Å². The summed E-state index contributed by atoms with van der Waals surface area (Å²) in [5.41, 5.74) is 8.84. The molecule has 0 unspecified atom stereocenters. The van der Waals surface area contributed by atoms with Gasteiger partial charge in [-0.3, -0.25) is 4.99 Å². The van der Waals surface area contributed by atoms with Gasteiger partial charge < -0.3 is 8.98 Å². The number of aromatic nitrogens is 1. The highest BCUT2D eigenvalue weighted by Gasteiger charge is 2.16. The van der Waals surface area contributed by atoms with Crippen LogP contribution in [0.25, 0.3) is 71.3 Å². The van der Waals surface area contributed by atoms with E-state index in [9.17, 15) is 0 Å². The van der Waals surface area contributed by atoms with Crippen LogP contribution >= 0.6 is 0 Å². The molecule has 0 saturated heterocycles. The quantitative estimate of drug-likeness (QED) is 0.221. The highest BCUT2D eigenvalue weighted by molar-refractivity contribution is 6.12. The van der Waals surface area contributed by atoms with Gasteiger partial charge in [0.15, 0.2) is 0 Å². The van der Waals surface area contributed by atoms with E-state index in [4.69, 9.17) is 4.42 Å². The first-order valence-corrected chi connectivity index (χ1v) is 13.2. The Morgan fingerprint density at radius 3 is 2.03 bits per heavy atom. The summed E-state index contributed by atoms with van der Waals surface area (Å²) in [4.78, 5) is 4.16. The van der Waals surface area contributed by atoms with Gasteiger partial charge in [0, 0.05) is 26.9 Å². The van der Waals surface area contributed by atoms with Crippen molar-refractivity contribution in [3.63, 3.8) is 0 Å². The Kier molecular flexibility index (Phi) is 4.74. The number of nitrogens with zero attached hydrogens (tertiary/aromatic N) is 2. The number of aliphatic imine (C=N–C) groups is 1. The van der Waals surface area contributed by atoms with Gasteiger partial charge in [-0.15, -0.1) is 0 Å². The molecule has 0 radical (unpaired) electrons. The third-order valence-electron chi connectivity index (χ3n) is 7.90. The summed E-state index contributed by atoms with van der Waals surface area (Å²) in [7, 11) is 0. The molecule has 0 fully saturated rings. The maximum atomic E-state index is 6.21. The zero-order valence-corrected chi connectivity index (χ0v) is 21.3. The molecular weight excluding hydrogens is 476 g/mol. The number of fused-ring (bicyclic) bond motifs is 7. The number of rotatable bonds is 4. The third kappa shape index (κ3) is 3.27. The minimum absolute atomic E-state index is 0.600. The van der Waals surface area contributed by atoms with E-state index in [0.29, 0.717) is 6.54 Å². The first kappa shape index (κ1) is 21.9. The monoisotopic (exact) mass is 500 g/mol. The highest BCUT2D eigenvalue weighted by atomic mass is 16.3. The van der Waals surface area contributed by atoms with E-state index in [1.165, 1.54) is 38.1 Å². The Labute approximate surface area is 225 Å². The van der Waals surface area contributed by atoms with Crippen molar-refractivity contribution >= 4 is 61.2 Å². The Hall–Kier alpha value is -5.15. The molecular formula is C36H24N2O. The molecule has 8 rings (SSSR count). The largest absolute Gasteiger partial charge is 0.456 e. The third-order valence-corrected chi connectivity index (χ3v) is 7.90. The van der Waals surface area contributed by atoms with Crippen LogP contribution in [0.2, 0.25) is 0 Å². The van der Waals surface area contributed by atoms with E-state index in [0.717, 1.165) is 38.8 Å². The van der Waals surface area contributed by atoms with Gasteiger partial charge in [0.1, 0.15) is 11.2 Å². The van der Waals surface area contributed by atoms with E-state index in [1.54, 1.807) is 0 Å². The lowest BCUT2D eigenvalue weighted by Crippen LogP contribution is -1.97. The van der Waals surface area contributed by atoms with E-state index in [1.807, 2.05) is 12.1 Å². The minimum Gasteiger partial charge on any atom is -0.456 e.